The van der Waals surface area contributed by atoms with Gasteiger partial charge in [0.25, 0.3) is 5.91 Å². The molecule has 4 rings (SSSR count). The largest absolute Gasteiger partial charge is 0.382 e. The molecule has 1 aromatic heterocycles. The molecule has 5 nitrogen and oxygen atoms in total. The lowest BCUT2D eigenvalue weighted by atomic mass is 9.86. The van der Waals surface area contributed by atoms with E-state index in [1.807, 2.05) is 54.3 Å². The monoisotopic (exact) mass is 518 g/mol. The van der Waals surface area contributed by atoms with Crippen LogP contribution in [0.5, 0.6) is 0 Å². The third-order valence-corrected chi connectivity index (χ3v) is 7.93. The van der Waals surface area contributed by atoms with Crippen molar-refractivity contribution in [3.8, 4) is 0 Å². The van der Waals surface area contributed by atoms with Crippen molar-refractivity contribution in [2.45, 2.75) is 52.0 Å². The Labute approximate surface area is 225 Å². The normalized spacial score (nSPS) is 15.4. The number of hydrogen-bond donors (Lipinski definition) is 0. The summed E-state index contributed by atoms with van der Waals surface area (Å²) in [7, 11) is 0. The highest BCUT2D eigenvalue weighted by Crippen LogP contribution is 2.37. The van der Waals surface area contributed by atoms with Crippen LogP contribution in [0.25, 0.3) is 0 Å². The van der Waals surface area contributed by atoms with Crippen molar-refractivity contribution in [3.05, 3.63) is 93.2 Å². The lowest BCUT2D eigenvalue weighted by Crippen LogP contribution is -2.47. The summed E-state index contributed by atoms with van der Waals surface area (Å²) in [4.78, 5) is 32.4. The van der Waals surface area contributed by atoms with Crippen LogP contribution in [0.15, 0.2) is 66.0 Å². The Morgan fingerprint density at radius 2 is 1.78 bits per heavy atom. The Morgan fingerprint density at radius 1 is 1.05 bits per heavy atom. The molecule has 1 unspecified atom stereocenters. The van der Waals surface area contributed by atoms with Gasteiger partial charge in [-0.25, -0.2) is 0 Å². The van der Waals surface area contributed by atoms with Crippen molar-refractivity contribution in [2.24, 2.45) is 0 Å². The van der Waals surface area contributed by atoms with Crippen LogP contribution in [-0.2, 0) is 21.4 Å². The molecule has 196 valence electrons. The quantitative estimate of drug-likeness (QED) is 0.322. The Bertz CT molecular complexity index is 1180. The summed E-state index contributed by atoms with van der Waals surface area (Å²) in [5.41, 5.74) is 4.09. The zero-order valence-corrected chi connectivity index (χ0v) is 23.2. The average Bonchev–Trinajstić information content (AvgIpc) is 3.38. The van der Waals surface area contributed by atoms with Gasteiger partial charge in [0.15, 0.2) is 0 Å². The van der Waals surface area contributed by atoms with Crippen molar-refractivity contribution >= 4 is 23.2 Å². The van der Waals surface area contributed by atoms with Crippen molar-refractivity contribution in [2.75, 3.05) is 32.8 Å². The molecule has 37 heavy (non-hydrogen) atoms. The molecule has 0 N–H and O–H groups in total. The number of amides is 2. The molecule has 3 aromatic rings. The van der Waals surface area contributed by atoms with E-state index in [4.69, 9.17) is 4.74 Å². The second-order valence-electron chi connectivity index (χ2n) is 10.6. The maximum Gasteiger partial charge on any atom is 0.254 e. The first-order valence-electron chi connectivity index (χ1n) is 13.2. The van der Waals surface area contributed by atoms with E-state index in [9.17, 15) is 9.59 Å². The first-order valence-corrected chi connectivity index (χ1v) is 14.1. The molecular formula is C31H38N2O3S. The molecule has 2 heterocycles. The number of carbonyl (C=O) groups excluding carboxylic acids is 2. The van der Waals surface area contributed by atoms with Gasteiger partial charge in [0, 0.05) is 36.7 Å². The molecule has 0 saturated carbocycles. The molecular weight excluding hydrogens is 480 g/mol. The molecule has 2 amide bonds. The summed E-state index contributed by atoms with van der Waals surface area (Å²) >= 11 is 1.76. The SMILES string of the molecule is CCOCCCN(CC(=O)N1CCc2sccc2C1c1ccccc1)C(=O)c1ccc(C(C)(C)C)cc1. The van der Waals surface area contributed by atoms with Gasteiger partial charge in [-0.15, -0.1) is 11.3 Å². The van der Waals surface area contributed by atoms with Gasteiger partial charge >= 0.3 is 0 Å². The van der Waals surface area contributed by atoms with E-state index in [0.717, 1.165) is 12.0 Å². The number of carbonyl (C=O) groups is 2. The average molecular weight is 519 g/mol. The van der Waals surface area contributed by atoms with Gasteiger partial charge in [0.1, 0.15) is 6.54 Å². The molecule has 0 radical (unpaired) electrons. The number of benzene rings is 2. The van der Waals surface area contributed by atoms with Gasteiger partial charge in [-0.1, -0.05) is 63.2 Å². The minimum atomic E-state index is -0.129. The zero-order chi connectivity index (χ0) is 26.4. The van der Waals surface area contributed by atoms with Gasteiger partial charge < -0.3 is 14.5 Å². The van der Waals surface area contributed by atoms with Crippen molar-refractivity contribution < 1.29 is 14.3 Å². The standard InChI is InChI=1S/C31H38N2O3S/c1-5-36-20-9-18-32(30(35)24-12-14-25(15-13-24)31(2,3)4)22-28(34)33-19-16-27-26(17-21-37-27)29(33)23-10-7-6-8-11-23/h6-8,10-15,17,21,29H,5,9,16,18-20,22H2,1-4H3. The van der Waals surface area contributed by atoms with E-state index in [1.165, 1.54) is 16.0 Å². The fourth-order valence-electron chi connectivity index (χ4n) is 4.88. The third-order valence-electron chi connectivity index (χ3n) is 6.93. The van der Waals surface area contributed by atoms with E-state index in [0.29, 0.717) is 38.3 Å². The minimum absolute atomic E-state index is 0.00986. The zero-order valence-electron chi connectivity index (χ0n) is 22.4. The van der Waals surface area contributed by atoms with Crippen LogP contribution < -0.4 is 0 Å². The van der Waals surface area contributed by atoms with Crippen LogP contribution in [0, 0.1) is 0 Å². The smallest absolute Gasteiger partial charge is 0.254 e. The van der Waals surface area contributed by atoms with E-state index in [-0.39, 0.29) is 29.8 Å². The number of nitrogens with zero attached hydrogens (tertiary/aromatic N) is 2. The Balaban J connectivity index is 1.57. The van der Waals surface area contributed by atoms with E-state index >= 15 is 0 Å². The molecule has 0 aliphatic carbocycles. The third kappa shape index (κ3) is 6.49. The highest BCUT2D eigenvalue weighted by molar-refractivity contribution is 7.10. The highest BCUT2D eigenvalue weighted by atomic mass is 32.1. The maximum absolute atomic E-state index is 13.8. The fraction of sp³-hybridized carbons (Fsp3) is 0.419. The summed E-state index contributed by atoms with van der Waals surface area (Å²) in [5, 5.41) is 2.11. The van der Waals surface area contributed by atoms with Crippen LogP contribution in [0.2, 0.25) is 0 Å². The van der Waals surface area contributed by atoms with E-state index in [2.05, 4.69) is 44.4 Å². The summed E-state index contributed by atoms with van der Waals surface area (Å²) in [6.07, 6.45) is 1.53. The van der Waals surface area contributed by atoms with Crippen molar-refractivity contribution in [1.82, 2.24) is 9.80 Å². The Kier molecular flexibility index (Phi) is 8.83. The summed E-state index contributed by atoms with van der Waals surface area (Å²) in [6, 6.07) is 20.0. The molecule has 0 saturated heterocycles. The molecule has 1 aliphatic heterocycles. The molecule has 2 aromatic carbocycles. The molecule has 1 atom stereocenters. The van der Waals surface area contributed by atoms with Gasteiger partial charge in [0.2, 0.25) is 5.91 Å². The first kappa shape index (κ1) is 27.1. The predicted octanol–water partition coefficient (Wildman–Crippen LogP) is 6.09. The van der Waals surface area contributed by atoms with Crippen LogP contribution in [0.4, 0.5) is 0 Å². The number of hydrogen-bond acceptors (Lipinski definition) is 4. The van der Waals surface area contributed by atoms with Gasteiger partial charge in [-0.3, -0.25) is 9.59 Å². The number of rotatable bonds is 9. The molecule has 0 bridgehead atoms. The second kappa shape index (κ2) is 12.1. The summed E-state index contributed by atoms with van der Waals surface area (Å²) in [5.74, 6) is -0.142. The fourth-order valence-corrected chi connectivity index (χ4v) is 5.79. The van der Waals surface area contributed by atoms with Gasteiger partial charge in [-0.2, -0.15) is 0 Å². The maximum atomic E-state index is 13.8. The predicted molar refractivity (Wildman–Crippen MR) is 150 cm³/mol. The second-order valence-corrected chi connectivity index (χ2v) is 11.6. The van der Waals surface area contributed by atoms with Gasteiger partial charge in [0.05, 0.1) is 6.04 Å². The lowest BCUT2D eigenvalue weighted by molar-refractivity contribution is -0.134. The summed E-state index contributed by atoms with van der Waals surface area (Å²) in [6.45, 7) is 10.8. The number of fused-ring (bicyclic) bond motifs is 1. The number of thiophene rings is 1. The van der Waals surface area contributed by atoms with E-state index < -0.39 is 0 Å². The minimum Gasteiger partial charge on any atom is -0.382 e. The van der Waals surface area contributed by atoms with Crippen LogP contribution in [-0.4, -0.2) is 54.5 Å². The Hall–Kier alpha value is -2.96. The van der Waals surface area contributed by atoms with Crippen LogP contribution in [0.1, 0.15) is 72.1 Å². The first-order chi connectivity index (χ1) is 17.8. The van der Waals surface area contributed by atoms with Crippen LogP contribution in [0.3, 0.4) is 0 Å². The van der Waals surface area contributed by atoms with Gasteiger partial charge in [-0.05, 0) is 65.4 Å². The molecule has 0 fully saturated rings. The van der Waals surface area contributed by atoms with Crippen molar-refractivity contribution in [3.63, 3.8) is 0 Å². The lowest BCUT2D eigenvalue weighted by Gasteiger charge is -2.37. The topological polar surface area (TPSA) is 49.9 Å². The molecule has 1 aliphatic rings. The molecule has 0 spiro atoms. The molecule has 6 heteroatoms. The summed E-state index contributed by atoms with van der Waals surface area (Å²) < 4.78 is 5.52. The van der Waals surface area contributed by atoms with Crippen LogP contribution >= 0.6 is 11.3 Å². The highest BCUT2D eigenvalue weighted by Gasteiger charge is 2.34. The van der Waals surface area contributed by atoms with E-state index in [1.54, 1.807) is 16.2 Å². The van der Waals surface area contributed by atoms with Crippen molar-refractivity contribution in [1.29, 1.82) is 0 Å². The number of ether oxygens (including phenoxy) is 1. The Morgan fingerprint density at radius 3 is 2.46 bits per heavy atom.